The van der Waals surface area contributed by atoms with Crippen LogP contribution in [0.15, 0.2) is 12.1 Å². The zero-order valence-corrected chi connectivity index (χ0v) is 12.8. The molecule has 20 heavy (non-hydrogen) atoms. The Bertz CT molecular complexity index is 447. The number of halogens is 1. The molecule has 5 heteroatoms. The van der Waals surface area contributed by atoms with E-state index in [1.807, 2.05) is 0 Å². The first-order valence-electron chi connectivity index (χ1n) is 6.97. The van der Waals surface area contributed by atoms with Crippen molar-refractivity contribution in [1.82, 2.24) is 4.90 Å². The molecule has 1 aromatic rings. The number of ether oxygens (including phenoxy) is 2. The van der Waals surface area contributed by atoms with Gasteiger partial charge in [-0.2, -0.15) is 0 Å². The van der Waals surface area contributed by atoms with Gasteiger partial charge in [-0.15, -0.1) is 0 Å². The van der Waals surface area contributed by atoms with Gasteiger partial charge >= 0.3 is 0 Å². The van der Waals surface area contributed by atoms with Crippen LogP contribution >= 0.6 is 11.6 Å². The fourth-order valence-electron chi connectivity index (χ4n) is 2.61. The van der Waals surface area contributed by atoms with Crippen molar-refractivity contribution in [3.63, 3.8) is 0 Å². The van der Waals surface area contributed by atoms with E-state index in [9.17, 15) is 5.11 Å². The Morgan fingerprint density at radius 3 is 2.55 bits per heavy atom. The van der Waals surface area contributed by atoms with Crippen molar-refractivity contribution in [2.24, 2.45) is 0 Å². The number of hydrogen-bond acceptors (Lipinski definition) is 4. The molecule has 0 bridgehead atoms. The first-order valence-corrected chi connectivity index (χ1v) is 7.35. The molecule has 4 nitrogen and oxygen atoms in total. The number of aliphatic hydroxyl groups excluding tert-OH is 1. The molecule has 1 aromatic carbocycles. The van der Waals surface area contributed by atoms with Gasteiger partial charge in [0.15, 0.2) is 11.5 Å². The lowest BCUT2D eigenvalue weighted by Gasteiger charge is -2.19. The molecule has 0 amide bonds. The molecule has 0 saturated carbocycles. The minimum Gasteiger partial charge on any atom is -0.493 e. The van der Waals surface area contributed by atoms with Crippen molar-refractivity contribution >= 4 is 11.6 Å². The monoisotopic (exact) mass is 299 g/mol. The number of nitrogens with zero attached hydrogens (tertiary/aromatic N) is 1. The smallest absolute Gasteiger partial charge is 0.179 e. The summed E-state index contributed by atoms with van der Waals surface area (Å²) >= 11 is 6.16. The Morgan fingerprint density at radius 1 is 1.25 bits per heavy atom. The van der Waals surface area contributed by atoms with E-state index in [1.54, 1.807) is 26.4 Å². The van der Waals surface area contributed by atoms with E-state index >= 15 is 0 Å². The normalized spacial score (nSPS) is 17.2. The number of methoxy groups -OCH3 is 2. The van der Waals surface area contributed by atoms with Crippen molar-refractivity contribution in [2.45, 2.75) is 25.4 Å². The van der Waals surface area contributed by atoms with Gasteiger partial charge in [0.2, 0.25) is 0 Å². The van der Waals surface area contributed by atoms with Gasteiger partial charge in [0.1, 0.15) is 0 Å². The topological polar surface area (TPSA) is 41.9 Å². The summed E-state index contributed by atoms with van der Waals surface area (Å²) in [6.07, 6.45) is 2.69. The molecule has 0 radical (unpaired) electrons. The molecule has 0 spiro atoms. The van der Waals surface area contributed by atoms with Gasteiger partial charge in [-0.05, 0) is 50.0 Å². The van der Waals surface area contributed by atoms with E-state index in [-0.39, 0.29) is 0 Å². The average Bonchev–Trinajstić information content (AvgIpc) is 2.97. The average molecular weight is 300 g/mol. The maximum Gasteiger partial charge on any atom is 0.179 e. The van der Waals surface area contributed by atoms with Crippen LogP contribution in [0.5, 0.6) is 11.5 Å². The zero-order valence-electron chi connectivity index (χ0n) is 12.1. The second-order valence-corrected chi connectivity index (χ2v) is 5.50. The Labute approximate surface area is 125 Å². The second-order valence-electron chi connectivity index (χ2n) is 5.09. The molecule has 1 heterocycles. The first-order chi connectivity index (χ1) is 9.65. The quantitative estimate of drug-likeness (QED) is 0.877. The Balaban J connectivity index is 2.04. The van der Waals surface area contributed by atoms with Crippen molar-refractivity contribution < 1.29 is 14.6 Å². The molecule has 1 aliphatic heterocycles. The number of rotatable bonds is 6. The maximum atomic E-state index is 10.3. The second kappa shape index (κ2) is 7.16. The third kappa shape index (κ3) is 3.57. The minimum atomic E-state index is -0.534. The molecule has 1 saturated heterocycles. The van der Waals surface area contributed by atoms with Gasteiger partial charge in [-0.25, -0.2) is 0 Å². The number of aliphatic hydroxyl groups is 1. The lowest BCUT2D eigenvalue weighted by atomic mass is 10.1. The highest BCUT2D eigenvalue weighted by atomic mass is 35.5. The van der Waals surface area contributed by atoms with Crippen molar-refractivity contribution in [1.29, 1.82) is 0 Å². The highest BCUT2D eigenvalue weighted by Gasteiger charge is 2.18. The molecule has 0 aromatic heterocycles. The Hall–Kier alpha value is -0.970. The van der Waals surface area contributed by atoms with E-state index in [0.29, 0.717) is 22.9 Å². The van der Waals surface area contributed by atoms with Crippen LogP contribution in [0.4, 0.5) is 0 Å². The molecule has 0 aliphatic carbocycles. The summed E-state index contributed by atoms with van der Waals surface area (Å²) in [4.78, 5) is 2.38. The molecule has 1 unspecified atom stereocenters. The van der Waals surface area contributed by atoms with Crippen molar-refractivity contribution in [3.05, 3.63) is 22.7 Å². The Kier molecular flexibility index (Phi) is 5.52. The summed E-state index contributed by atoms with van der Waals surface area (Å²) in [5.41, 5.74) is 0.770. The summed E-state index contributed by atoms with van der Waals surface area (Å²) < 4.78 is 10.5. The van der Waals surface area contributed by atoms with Crippen LogP contribution in [-0.4, -0.2) is 43.9 Å². The van der Waals surface area contributed by atoms with Crippen molar-refractivity contribution in [2.75, 3.05) is 33.9 Å². The maximum absolute atomic E-state index is 10.3. The summed E-state index contributed by atoms with van der Waals surface area (Å²) in [5, 5.41) is 10.8. The summed E-state index contributed by atoms with van der Waals surface area (Å²) in [5.74, 6) is 1.06. The lowest BCUT2D eigenvalue weighted by Crippen LogP contribution is -2.22. The van der Waals surface area contributed by atoms with Gasteiger partial charge in [0.05, 0.1) is 25.3 Å². The SMILES string of the molecule is COc1cc(C(O)CCN2CCCC2)cc(Cl)c1OC. The molecule has 1 atom stereocenters. The fourth-order valence-corrected chi connectivity index (χ4v) is 2.90. The first kappa shape index (κ1) is 15.4. The van der Waals surface area contributed by atoms with Crippen molar-refractivity contribution in [3.8, 4) is 11.5 Å². The fraction of sp³-hybridized carbons (Fsp3) is 0.600. The van der Waals surface area contributed by atoms with Crippen LogP contribution in [0, 0.1) is 0 Å². The molecule has 112 valence electrons. The Morgan fingerprint density at radius 2 is 1.95 bits per heavy atom. The van der Waals surface area contributed by atoms with E-state index in [4.69, 9.17) is 21.1 Å². The molecule has 1 aliphatic rings. The number of hydrogen-bond donors (Lipinski definition) is 1. The van der Waals surface area contributed by atoms with Crippen LogP contribution < -0.4 is 9.47 Å². The third-order valence-electron chi connectivity index (χ3n) is 3.76. The molecule has 2 rings (SSSR count). The van der Waals surface area contributed by atoms with Crippen LogP contribution in [0.1, 0.15) is 30.9 Å². The predicted octanol–water partition coefficient (Wildman–Crippen LogP) is 2.88. The molecule has 1 N–H and O–H groups in total. The van der Waals surface area contributed by atoms with Gasteiger partial charge in [-0.1, -0.05) is 11.6 Å². The molecular weight excluding hydrogens is 278 g/mol. The van der Waals surface area contributed by atoms with Gasteiger partial charge < -0.3 is 19.5 Å². The highest BCUT2D eigenvalue weighted by Crippen LogP contribution is 2.38. The van der Waals surface area contributed by atoms with E-state index in [2.05, 4.69) is 4.90 Å². The summed E-state index contributed by atoms with van der Waals surface area (Å²) in [6.45, 7) is 3.19. The van der Waals surface area contributed by atoms with E-state index in [1.165, 1.54) is 12.8 Å². The van der Waals surface area contributed by atoms with E-state index < -0.39 is 6.10 Å². The third-order valence-corrected chi connectivity index (χ3v) is 4.04. The predicted molar refractivity (Wildman–Crippen MR) is 79.8 cm³/mol. The highest BCUT2D eigenvalue weighted by molar-refractivity contribution is 6.32. The van der Waals surface area contributed by atoms with Crippen LogP contribution in [-0.2, 0) is 0 Å². The summed E-state index contributed by atoms with van der Waals surface area (Å²) in [7, 11) is 3.11. The largest absolute Gasteiger partial charge is 0.493 e. The lowest BCUT2D eigenvalue weighted by molar-refractivity contribution is 0.148. The molecule has 1 fully saturated rings. The zero-order chi connectivity index (χ0) is 14.5. The van der Waals surface area contributed by atoms with Gasteiger partial charge in [0, 0.05) is 6.54 Å². The van der Waals surface area contributed by atoms with Crippen LogP contribution in [0.2, 0.25) is 5.02 Å². The van der Waals surface area contributed by atoms with Crippen LogP contribution in [0.3, 0.4) is 0 Å². The number of benzene rings is 1. The van der Waals surface area contributed by atoms with Crippen LogP contribution in [0.25, 0.3) is 0 Å². The standard InChI is InChI=1S/C15H22ClNO3/c1-19-14-10-11(9-12(16)15(14)20-2)13(18)5-8-17-6-3-4-7-17/h9-10,13,18H,3-8H2,1-2H3. The minimum absolute atomic E-state index is 0.460. The number of likely N-dealkylation sites (tertiary alicyclic amines) is 1. The van der Waals surface area contributed by atoms with Gasteiger partial charge in [-0.3, -0.25) is 0 Å². The molecular formula is C15H22ClNO3. The van der Waals surface area contributed by atoms with E-state index in [0.717, 1.165) is 25.2 Å². The van der Waals surface area contributed by atoms with Gasteiger partial charge in [0.25, 0.3) is 0 Å². The summed E-state index contributed by atoms with van der Waals surface area (Å²) in [6, 6.07) is 3.54.